The molecule has 140 valence electrons. The lowest BCUT2D eigenvalue weighted by Crippen LogP contribution is -2.14. The van der Waals surface area contributed by atoms with Crippen LogP contribution < -0.4 is 4.72 Å². The zero-order valence-corrected chi connectivity index (χ0v) is 15.8. The van der Waals surface area contributed by atoms with Crippen molar-refractivity contribution in [3.8, 4) is 0 Å². The molecule has 0 spiro atoms. The molecule has 26 heavy (non-hydrogen) atoms. The van der Waals surface area contributed by atoms with Crippen LogP contribution >= 0.6 is 0 Å². The number of aromatic amines is 1. The third-order valence-electron chi connectivity index (χ3n) is 6.53. The molecule has 2 bridgehead atoms. The molecule has 5 rings (SSSR count). The third-order valence-corrected chi connectivity index (χ3v) is 7.76. The van der Waals surface area contributed by atoms with Gasteiger partial charge in [0.2, 0.25) is 0 Å². The highest BCUT2D eigenvalue weighted by molar-refractivity contribution is 7.92. The maximum absolute atomic E-state index is 12.7. The first-order valence-electron chi connectivity index (χ1n) is 9.65. The van der Waals surface area contributed by atoms with Crippen molar-refractivity contribution in [3.63, 3.8) is 0 Å². The predicted octanol–water partition coefficient (Wildman–Crippen LogP) is 3.21. The Bertz CT molecular complexity index is 931. The van der Waals surface area contributed by atoms with E-state index in [0.717, 1.165) is 42.6 Å². The van der Waals surface area contributed by atoms with Gasteiger partial charge in [-0.05, 0) is 50.9 Å². The maximum atomic E-state index is 12.7. The third kappa shape index (κ3) is 2.66. The highest BCUT2D eigenvalue weighted by atomic mass is 32.2. The Morgan fingerprint density at radius 1 is 1.27 bits per heavy atom. The quantitative estimate of drug-likeness (QED) is 0.858. The van der Waals surface area contributed by atoms with Crippen molar-refractivity contribution in [2.75, 3.05) is 4.72 Å². The van der Waals surface area contributed by atoms with E-state index in [1.165, 1.54) is 25.7 Å². The first-order chi connectivity index (χ1) is 12.5. The first kappa shape index (κ1) is 16.4. The number of fused-ring (bicyclic) bond motifs is 3. The summed E-state index contributed by atoms with van der Waals surface area (Å²) in [6.07, 6.45) is 9.74. The summed E-state index contributed by atoms with van der Waals surface area (Å²) in [7, 11) is -3.72. The van der Waals surface area contributed by atoms with Gasteiger partial charge in [0.25, 0.3) is 10.0 Å². The van der Waals surface area contributed by atoms with Crippen molar-refractivity contribution in [2.24, 2.45) is 11.8 Å². The molecule has 0 saturated heterocycles. The van der Waals surface area contributed by atoms with Crippen molar-refractivity contribution >= 4 is 15.8 Å². The van der Waals surface area contributed by atoms with Crippen molar-refractivity contribution < 1.29 is 8.42 Å². The van der Waals surface area contributed by atoms with Crippen molar-refractivity contribution in [3.05, 3.63) is 23.8 Å². The zero-order chi connectivity index (χ0) is 17.9. The topological polar surface area (TPSA) is 92.7 Å². The molecule has 0 amide bonds. The molecule has 2 aromatic heterocycles. The number of aromatic nitrogens is 4. The van der Waals surface area contributed by atoms with Crippen LogP contribution in [0.15, 0.2) is 17.3 Å². The standard InChI is InChI=1S/C18H25N5O2S/c1-11-3-2-4-17-19-18(10-23(11)17)26(24,25)22-16-9-15(20-21-16)14-8-12-5-6-13(14)7-12/h9-14H,2-8H2,1H3,(H2,20,21,22). The molecule has 8 heteroatoms. The Morgan fingerprint density at radius 3 is 2.88 bits per heavy atom. The largest absolute Gasteiger partial charge is 0.331 e. The Balaban J connectivity index is 1.36. The number of hydrogen-bond donors (Lipinski definition) is 2. The van der Waals surface area contributed by atoms with Crippen LogP contribution in [0.4, 0.5) is 5.82 Å². The summed E-state index contributed by atoms with van der Waals surface area (Å²) in [5, 5.41) is 7.35. The molecule has 2 fully saturated rings. The zero-order valence-electron chi connectivity index (χ0n) is 15.0. The molecule has 2 aromatic rings. The second kappa shape index (κ2) is 5.84. The van der Waals surface area contributed by atoms with Crippen molar-refractivity contribution in [2.45, 2.75) is 68.9 Å². The van der Waals surface area contributed by atoms with E-state index in [1.54, 1.807) is 6.20 Å². The number of hydrogen-bond acceptors (Lipinski definition) is 4. The van der Waals surface area contributed by atoms with Gasteiger partial charge in [-0.2, -0.15) is 13.5 Å². The van der Waals surface area contributed by atoms with E-state index in [0.29, 0.717) is 17.8 Å². The number of aryl methyl sites for hydroxylation is 1. The van der Waals surface area contributed by atoms with Crippen LogP contribution in [-0.4, -0.2) is 28.2 Å². The predicted molar refractivity (Wildman–Crippen MR) is 97.5 cm³/mol. The smallest absolute Gasteiger partial charge is 0.282 e. The van der Waals surface area contributed by atoms with E-state index in [-0.39, 0.29) is 5.03 Å². The fraction of sp³-hybridized carbons (Fsp3) is 0.667. The van der Waals surface area contributed by atoms with E-state index in [4.69, 9.17) is 0 Å². The molecule has 0 aromatic carbocycles. The molecule has 2 aliphatic carbocycles. The SMILES string of the molecule is CC1CCCc2nc(S(=O)(=O)Nc3cc(C4CC5CCC4C5)[nH]n3)cn21. The average Bonchev–Trinajstić information content (AvgIpc) is 3.37. The fourth-order valence-corrected chi connectivity index (χ4v) is 6.15. The van der Waals surface area contributed by atoms with Crippen LogP contribution in [0.3, 0.4) is 0 Å². The van der Waals surface area contributed by atoms with Gasteiger partial charge in [0.1, 0.15) is 5.82 Å². The highest BCUT2D eigenvalue weighted by Crippen LogP contribution is 2.52. The van der Waals surface area contributed by atoms with Crippen molar-refractivity contribution in [1.82, 2.24) is 19.7 Å². The van der Waals surface area contributed by atoms with Gasteiger partial charge < -0.3 is 4.57 Å². The normalized spacial score (nSPS) is 30.5. The average molecular weight is 375 g/mol. The molecule has 2 N–H and O–H groups in total. The molecule has 3 aliphatic rings. The molecule has 0 radical (unpaired) electrons. The number of anilines is 1. The van der Waals surface area contributed by atoms with E-state index in [2.05, 4.69) is 26.8 Å². The van der Waals surface area contributed by atoms with E-state index in [9.17, 15) is 8.42 Å². The minimum absolute atomic E-state index is 0.0886. The van der Waals surface area contributed by atoms with Gasteiger partial charge in [0, 0.05) is 36.3 Å². The summed E-state index contributed by atoms with van der Waals surface area (Å²) >= 11 is 0. The Labute approximate surface area is 153 Å². The number of sulfonamides is 1. The molecule has 3 heterocycles. The first-order valence-corrected chi connectivity index (χ1v) is 11.1. The second-order valence-electron chi connectivity index (χ2n) is 8.24. The number of nitrogens with zero attached hydrogens (tertiary/aromatic N) is 3. The second-order valence-corrected chi connectivity index (χ2v) is 9.87. The van der Waals surface area contributed by atoms with Crippen LogP contribution in [0, 0.1) is 11.8 Å². The molecule has 4 atom stereocenters. The summed E-state index contributed by atoms with van der Waals surface area (Å²) in [5.41, 5.74) is 1.06. The minimum Gasteiger partial charge on any atom is -0.331 e. The summed E-state index contributed by atoms with van der Waals surface area (Å²) in [4.78, 5) is 4.36. The van der Waals surface area contributed by atoms with Crippen LogP contribution in [0.2, 0.25) is 0 Å². The number of H-pyrrole nitrogens is 1. The van der Waals surface area contributed by atoms with Gasteiger partial charge in [-0.15, -0.1) is 0 Å². The summed E-state index contributed by atoms with van der Waals surface area (Å²) in [6, 6.07) is 2.16. The van der Waals surface area contributed by atoms with Gasteiger partial charge in [-0.1, -0.05) is 6.42 Å². The van der Waals surface area contributed by atoms with E-state index < -0.39 is 10.0 Å². The van der Waals surface area contributed by atoms with Gasteiger partial charge >= 0.3 is 0 Å². The van der Waals surface area contributed by atoms with Gasteiger partial charge in [-0.25, -0.2) is 4.98 Å². The van der Waals surface area contributed by atoms with Gasteiger partial charge in [0.15, 0.2) is 10.8 Å². The maximum Gasteiger partial charge on any atom is 0.282 e. The molecule has 7 nitrogen and oxygen atoms in total. The van der Waals surface area contributed by atoms with Crippen LogP contribution in [0.1, 0.15) is 68.9 Å². The van der Waals surface area contributed by atoms with Gasteiger partial charge in [-0.3, -0.25) is 9.82 Å². The monoisotopic (exact) mass is 375 g/mol. The van der Waals surface area contributed by atoms with Crippen LogP contribution in [0.5, 0.6) is 0 Å². The lowest BCUT2D eigenvalue weighted by molar-refractivity contribution is 0.413. The highest BCUT2D eigenvalue weighted by Gasteiger charge is 2.41. The molecule has 1 aliphatic heterocycles. The van der Waals surface area contributed by atoms with Crippen LogP contribution in [-0.2, 0) is 16.4 Å². The summed E-state index contributed by atoms with van der Waals surface area (Å²) in [5.74, 6) is 3.29. The minimum atomic E-state index is -3.72. The Kier molecular flexibility index (Phi) is 3.67. The van der Waals surface area contributed by atoms with E-state index in [1.807, 2.05) is 10.6 Å². The lowest BCUT2D eigenvalue weighted by Gasteiger charge is -2.20. The molecular weight excluding hydrogens is 350 g/mol. The lowest BCUT2D eigenvalue weighted by atomic mass is 9.86. The summed E-state index contributed by atoms with van der Waals surface area (Å²) < 4.78 is 30.1. The van der Waals surface area contributed by atoms with E-state index >= 15 is 0 Å². The summed E-state index contributed by atoms with van der Waals surface area (Å²) in [6.45, 7) is 2.10. The fourth-order valence-electron chi connectivity index (χ4n) is 5.19. The number of nitrogens with one attached hydrogen (secondary N) is 2. The number of imidazole rings is 1. The molecule has 4 unspecified atom stereocenters. The van der Waals surface area contributed by atoms with Crippen LogP contribution in [0.25, 0.3) is 0 Å². The van der Waals surface area contributed by atoms with Crippen molar-refractivity contribution in [1.29, 1.82) is 0 Å². The number of rotatable bonds is 4. The van der Waals surface area contributed by atoms with Gasteiger partial charge in [0.05, 0.1) is 0 Å². The Morgan fingerprint density at radius 2 is 2.15 bits per heavy atom. The molecule has 2 saturated carbocycles. The Hall–Kier alpha value is -1.83. The molecular formula is C18H25N5O2S.